The van der Waals surface area contributed by atoms with Gasteiger partial charge in [0.05, 0.1) is 61.4 Å². The van der Waals surface area contributed by atoms with Crippen molar-refractivity contribution in [2.24, 2.45) is 0 Å². The number of ether oxygens (including phenoxy) is 3. The molecule has 2 aliphatic carbocycles. The highest BCUT2D eigenvalue weighted by Gasteiger charge is 2.51. The number of hydrogen-bond acceptors (Lipinski definition) is 17. The van der Waals surface area contributed by atoms with Crippen LogP contribution in [0.1, 0.15) is 113 Å². The van der Waals surface area contributed by atoms with E-state index >= 15 is 0 Å². The van der Waals surface area contributed by atoms with Gasteiger partial charge < -0.3 is 70.6 Å². The van der Waals surface area contributed by atoms with Gasteiger partial charge in [-0.05, 0) is 56.7 Å². The number of rotatable bonds is 16. The minimum atomic E-state index is -2.42. The Balaban J connectivity index is 0.901. The Labute approximate surface area is 429 Å². The number of aliphatic hydroxyl groups excluding tert-OH is 2. The molecule has 8 rings (SSSR count). The Bertz CT molecular complexity index is 2850. The van der Waals surface area contributed by atoms with E-state index in [-0.39, 0.29) is 66.1 Å². The molecule has 0 spiro atoms. The standard InChI is InChI=1S/C52H59N5O18/c1-24(54-50(70)31-11-6-14-56(31)36(60)17-26-8-4-9-27(16-26)18-38(62)63)49(69)53-22-37(61)57-15-7-12-32(57)51(71)55-30-19-39(74-25(2)44(30)64)75-34-21-52(72,35(59)23-58)20-29-41(34)48(68)43-42(46(29)66)45(65)28-10-5-13-33(73-3)40(28)47(43)67/h4-5,8-10,13,16,24-25,30-32,34,39,44,58,64,66,68,72H,6-7,11-12,14-15,17-23H2,1-3H3,(H,53,69)(H,54,70)(H,55,71)(H,62,63)/t24-,25-,30-,31+,32-,34-,39-,44-,52-/m0/s1. The van der Waals surface area contributed by atoms with Gasteiger partial charge in [-0.2, -0.15) is 0 Å². The largest absolute Gasteiger partial charge is 0.507 e. The molecule has 3 aromatic rings. The third-order valence-corrected chi connectivity index (χ3v) is 14.7. The average Bonchev–Trinajstić information content (AvgIpc) is 4.08. The fourth-order valence-corrected chi connectivity index (χ4v) is 10.9. The van der Waals surface area contributed by atoms with E-state index in [2.05, 4.69) is 16.0 Å². The van der Waals surface area contributed by atoms with E-state index in [4.69, 9.17) is 19.3 Å². The molecule has 0 radical (unpaired) electrons. The van der Waals surface area contributed by atoms with Gasteiger partial charge in [-0.25, -0.2) is 0 Å². The molecule has 3 saturated heterocycles. The molecule has 400 valence electrons. The SMILES string of the molecule is COc1cccc2c1C(=O)c1c(O)c3c(c(O)c1C2=O)C[C@@](O)(C(=O)CO)C[C@@H]3O[C@H]1C[C@H](NC(=O)[C@@H]2CCCN2C(=O)CNC(=O)[C@H](C)NC(=O)[C@H]2CCCN2C(=O)Cc2cccc(CC(=O)O)c2)[C@@H](O)[C@H](C)O1. The van der Waals surface area contributed by atoms with E-state index in [1.54, 1.807) is 24.3 Å². The van der Waals surface area contributed by atoms with E-state index in [0.29, 0.717) is 36.9 Å². The van der Waals surface area contributed by atoms with Crippen LogP contribution in [0.4, 0.5) is 0 Å². The number of phenolic OH excluding ortho intramolecular Hbond substituents is 2. The maximum absolute atomic E-state index is 14.1. The second kappa shape index (κ2) is 21.9. The number of amides is 5. The lowest BCUT2D eigenvalue weighted by Crippen LogP contribution is -2.59. The molecule has 0 aromatic heterocycles. The van der Waals surface area contributed by atoms with Gasteiger partial charge in [0.15, 0.2) is 17.9 Å². The van der Waals surface area contributed by atoms with Gasteiger partial charge in [-0.3, -0.25) is 43.2 Å². The molecule has 0 unspecified atom stereocenters. The number of nitrogens with one attached hydrogen (secondary N) is 3. The first-order valence-electron chi connectivity index (χ1n) is 24.7. The molecule has 5 amide bonds. The number of likely N-dealkylation sites (tertiary alicyclic amines) is 2. The van der Waals surface area contributed by atoms with Crippen LogP contribution in [-0.2, 0) is 62.3 Å². The molecule has 3 heterocycles. The molecule has 3 aliphatic heterocycles. The predicted molar refractivity (Wildman–Crippen MR) is 257 cm³/mol. The summed E-state index contributed by atoms with van der Waals surface area (Å²) in [5.74, 6) is -8.27. The van der Waals surface area contributed by atoms with Crippen LogP contribution >= 0.6 is 0 Å². The second-order valence-corrected chi connectivity index (χ2v) is 19.6. The first-order chi connectivity index (χ1) is 35.7. The summed E-state index contributed by atoms with van der Waals surface area (Å²) in [7, 11) is 1.28. The monoisotopic (exact) mass is 1040 g/mol. The van der Waals surface area contributed by atoms with Gasteiger partial charge in [-0.15, -0.1) is 0 Å². The summed E-state index contributed by atoms with van der Waals surface area (Å²) >= 11 is 0. The zero-order valence-electron chi connectivity index (χ0n) is 41.3. The van der Waals surface area contributed by atoms with Crippen LogP contribution in [-0.4, -0.2) is 175 Å². The Hall–Kier alpha value is -7.31. The number of aromatic hydroxyl groups is 2. The van der Waals surface area contributed by atoms with Gasteiger partial charge in [0, 0.05) is 49.0 Å². The van der Waals surface area contributed by atoms with Crippen molar-refractivity contribution in [3.05, 3.63) is 87.0 Å². The molecular formula is C52H59N5O18. The van der Waals surface area contributed by atoms with Crippen LogP contribution in [0, 0.1) is 0 Å². The lowest BCUT2D eigenvalue weighted by Gasteiger charge is -2.43. The van der Waals surface area contributed by atoms with Crippen molar-refractivity contribution in [2.45, 2.75) is 126 Å². The number of carboxylic acids is 1. The van der Waals surface area contributed by atoms with Crippen LogP contribution in [0.3, 0.4) is 0 Å². The summed E-state index contributed by atoms with van der Waals surface area (Å²) in [6.07, 6.45) is -5.70. The molecule has 0 bridgehead atoms. The van der Waals surface area contributed by atoms with E-state index in [0.717, 1.165) is 0 Å². The maximum Gasteiger partial charge on any atom is 0.307 e. The summed E-state index contributed by atoms with van der Waals surface area (Å²) in [6, 6.07) is 6.72. The number of methoxy groups -OCH3 is 1. The molecule has 23 nitrogen and oxygen atoms in total. The van der Waals surface area contributed by atoms with Crippen molar-refractivity contribution in [2.75, 3.05) is 33.4 Å². The molecule has 5 aliphatic rings. The molecule has 3 fully saturated rings. The fourth-order valence-electron chi connectivity index (χ4n) is 10.9. The summed E-state index contributed by atoms with van der Waals surface area (Å²) in [6.45, 7) is 1.68. The van der Waals surface area contributed by atoms with Crippen molar-refractivity contribution in [3.63, 3.8) is 0 Å². The molecule has 9 atom stereocenters. The summed E-state index contributed by atoms with van der Waals surface area (Å²) in [4.78, 5) is 122. The normalized spacial score (nSPS) is 25.3. The lowest BCUT2D eigenvalue weighted by atomic mass is 9.72. The van der Waals surface area contributed by atoms with Crippen LogP contribution in [0.15, 0.2) is 42.5 Å². The molecule has 75 heavy (non-hydrogen) atoms. The third kappa shape index (κ3) is 10.7. The number of aliphatic hydroxyl groups is 3. The Kier molecular flexibility index (Phi) is 15.7. The first kappa shape index (κ1) is 54.0. The van der Waals surface area contributed by atoms with Crippen molar-refractivity contribution < 1.29 is 88.0 Å². The highest BCUT2D eigenvalue weighted by Crippen LogP contribution is 2.52. The van der Waals surface area contributed by atoms with Crippen molar-refractivity contribution in [3.8, 4) is 17.2 Å². The fraction of sp³-hybridized carbons (Fsp3) is 0.481. The third-order valence-electron chi connectivity index (χ3n) is 14.7. The summed E-state index contributed by atoms with van der Waals surface area (Å²) < 4.78 is 17.6. The number of Topliss-reactive ketones (excluding diaryl/α,β-unsaturated/α-hetero) is 1. The van der Waals surface area contributed by atoms with Gasteiger partial charge in [-0.1, -0.05) is 36.4 Å². The smallest absolute Gasteiger partial charge is 0.307 e. The number of fused-ring (bicyclic) bond motifs is 3. The molecule has 3 aromatic carbocycles. The van der Waals surface area contributed by atoms with E-state index < -0.39 is 150 Å². The number of benzene rings is 3. The van der Waals surface area contributed by atoms with Gasteiger partial charge >= 0.3 is 5.97 Å². The molecule has 23 heteroatoms. The van der Waals surface area contributed by atoms with E-state index in [9.17, 15) is 68.7 Å². The van der Waals surface area contributed by atoms with Crippen LogP contribution in [0.2, 0.25) is 0 Å². The van der Waals surface area contributed by atoms with Gasteiger partial charge in [0.2, 0.25) is 35.3 Å². The number of nitrogens with zero attached hydrogens (tertiary/aromatic N) is 2. The second-order valence-electron chi connectivity index (χ2n) is 19.6. The van der Waals surface area contributed by atoms with Crippen molar-refractivity contribution in [1.29, 1.82) is 0 Å². The minimum absolute atomic E-state index is 0.0203. The van der Waals surface area contributed by atoms with Crippen molar-refractivity contribution >= 4 is 52.9 Å². The number of aliphatic carboxylic acids is 1. The van der Waals surface area contributed by atoms with E-state index in [1.165, 1.54) is 49.0 Å². The lowest BCUT2D eigenvalue weighted by molar-refractivity contribution is -0.249. The highest BCUT2D eigenvalue weighted by molar-refractivity contribution is 6.31. The van der Waals surface area contributed by atoms with Crippen LogP contribution in [0.5, 0.6) is 17.2 Å². The minimum Gasteiger partial charge on any atom is -0.507 e. The zero-order chi connectivity index (χ0) is 54.2. The number of carbonyl (C=O) groups is 9. The van der Waals surface area contributed by atoms with Crippen LogP contribution in [0.25, 0.3) is 0 Å². The first-order valence-corrected chi connectivity index (χ1v) is 24.7. The number of phenols is 2. The maximum atomic E-state index is 14.1. The predicted octanol–water partition coefficient (Wildman–Crippen LogP) is -0.368. The molecular weight excluding hydrogens is 983 g/mol. The van der Waals surface area contributed by atoms with E-state index in [1.807, 2.05) is 0 Å². The van der Waals surface area contributed by atoms with Crippen molar-refractivity contribution in [1.82, 2.24) is 25.8 Å². The quantitative estimate of drug-likeness (QED) is 0.0647. The Morgan fingerprint density at radius 2 is 1.51 bits per heavy atom. The Morgan fingerprint density at radius 1 is 0.867 bits per heavy atom. The Morgan fingerprint density at radius 3 is 2.17 bits per heavy atom. The topological polar surface area (TPSA) is 345 Å². The summed E-state index contributed by atoms with van der Waals surface area (Å²) in [5, 5.41) is 73.5. The van der Waals surface area contributed by atoms with Gasteiger partial charge in [0.1, 0.15) is 53.7 Å². The number of carboxylic acid groups (broad SMARTS) is 1. The number of ketones is 3. The zero-order valence-corrected chi connectivity index (χ0v) is 41.3. The average molecular weight is 1040 g/mol. The molecule has 9 N–H and O–H groups in total. The highest BCUT2D eigenvalue weighted by atomic mass is 16.7. The van der Waals surface area contributed by atoms with Gasteiger partial charge in [0.25, 0.3) is 0 Å². The number of carbonyl (C=O) groups excluding carboxylic acids is 8. The summed E-state index contributed by atoms with van der Waals surface area (Å²) in [5.41, 5.74) is -3.32. The van der Waals surface area contributed by atoms with Crippen LogP contribution < -0.4 is 20.7 Å². The number of hydrogen-bond donors (Lipinski definition) is 9. The molecule has 0 saturated carbocycles.